The van der Waals surface area contributed by atoms with Crippen molar-refractivity contribution in [3.05, 3.63) is 58.1 Å². The summed E-state index contributed by atoms with van der Waals surface area (Å²) in [4.78, 5) is 15.6. The number of primary sulfonamides is 1. The predicted molar refractivity (Wildman–Crippen MR) is 117 cm³/mol. The Morgan fingerprint density at radius 2 is 1.79 bits per heavy atom. The molecule has 7 nitrogen and oxygen atoms in total. The van der Waals surface area contributed by atoms with Crippen LogP contribution in [0.1, 0.15) is 30.5 Å². The molecule has 0 spiro atoms. The first-order valence-corrected chi connectivity index (χ1v) is 12.0. The number of likely N-dealkylation sites (N-methyl/N-ethyl adjacent to an activating group) is 1. The van der Waals surface area contributed by atoms with Gasteiger partial charge in [-0.2, -0.15) is 13.2 Å². The van der Waals surface area contributed by atoms with Crippen LogP contribution in [0.3, 0.4) is 0 Å². The van der Waals surface area contributed by atoms with Crippen molar-refractivity contribution >= 4 is 33.2 Å². The number of nitrogens with two attached hydrogens (primary N) is 1. The van der Waals surface area contributed by atoms with Gasteiger partial charge < -0.3 is 14.9 Å². The summed E-state index contributed by atoms with van der Waals surface area (Å²) < 4.78 is 66.3. The highest BCUT2D eigenvalue weighted by atomic mass is 35.5. The fourth-order valence-electron chi connectivity index (χ4n) is 4.00. The Morgan fingerprint density at radius 1 is 1.18 bits per heavy atom. The Morgan fingerprint density at radius 3 is 2.30 bits per heavy atom. The van der Waals surface area contributed by atoms with Gasteiger partial charge in [0.1, 0.15) is 0 Å². The lowest BCUT2D eigenvalue weighted by atomic mass is 9.84. The van der Waals surface area contributed by atoms with Gasteiger partial charge in [-0.25, -0.2) is 13.6 Å². The highest BCUT2D eigenvalue weighted by molar-refractivity contribution is 7.89. The molecule has 0 radical (unpaired) electrons. The molecule has 0 bridgehead atoms. The van der Waals surface area contributed by atoms with E-state index in [1.165, 1.54) is 24.3 Å². The Bertz CT molecular complexity index is 1190. The maximum atomic E-state index is 14.1. The summed E-state index contributed by atoms with van der Waals surface area (Å²) in [5, 5.41) is 16.6. The maximum Gasteiger partial charge on any atom is 0.416 e. The summed E-state index contributed by atoms with van der Waals surface area (Å²) in [5.74, 6) is -1.06. The van der Waals surface area contributed by atoms with E-state index in [1.807, 2.05) is 18.7 Å². The van der Waals surface area contributed by atoms with E-state index < -0.39 is 43.7 Å². The van der Waals surface area contributed by atoms with Crippen LogP contribution in [0.4, 0.5) is 18.9 Å². The number of amides is 1. The number of benzene rings is 2. The lowest BCUT2D eigenvalue weighted by Gasteiger charge is -2.27. The second-order valence-corrected chi connectivity index (χ2v) is 9.55. The molecule has 1 aliphatic heterocycles. The lowest BCUT2D eigenvalue weighted by molar-refractivity contribution is -0.142. The van der Waals surface area contributed by atoms with Gasteiger partial charge in [-0.05, 0) is 31.3 Å². The lowest BCUT2D eigenvalue weighted by Crippen LogP contribution is -2.44. The fraction of sp³-hybridized carbons (Fsp3) is 0.381. The van der Waals surface area contributed by atoms with Gasteiger partial charge in [0.2, 0.25) is 10.0 Å². The summed E-state index contributed by atoms with van der Waals surface area (Å²) in [7, 11) is -4.55. The van der Waals surface area contributed by atoms with E-state index in [9.17, 15) is 31.5 Å². The van der Waals surface area contributed by atoms with Gasteiger partial charge in [-0.1, -0.05) is 43.6 Å². The number of rotatable bonds is 7. The first kappa shape index (κ1) is 25.4. The molecule has 2 aromatic carbocycles. The van der Waals surface area contributed by atoms with Crippen LogP contribution in [0, 0.1) is 0 Å². The molecule has 33 heavy (non-hydrogen) atoms. The second kappa shape index (κ2) is 8.88. The molecule has 0 saturated carbocycles. The van der Waals surface area contributed by atoms with E-state index in [0.29, 0.717) is 19.2 Å². The first-order chi connectivity index (χ1) is 15.3. The monoisotopic (exact) mass is 505 g/mol. The smallest absolute Gasteiger partial charge is 0.372 e. The van der Waals surface area contributed by atoms with Gasteiger partial charge in [0.15, 0.2) is 5.60 Å². The van der Waals surface area contributed by atoms with Crippen molar-refractivity contribution in [2.24, 2.45) is 5.14 Å². The molecule has 1 amide bonds. The number of alkyl halides is 3. The van der Waals surface area contributed by atoms with E-state index >= 15 is 0 Å². The van der Waals surface area contributed by atoms with Crippen molar-refractivity contribution in [3.63, 3.8) is 0 Å². The topological polar surface area (TPSA) is 104 Å². The Labute approximate surface area is 194 Å². The van der Waals surface area contributed by atoms with Crippen LogP contribution >= 0.6 is 11.6 Å². The molecule has 180 valence electrons. The SMILES string of the molecule is CCN(CC)CCN1C(=O)C(O)(c2ccccc2Cl)c2c1cc(S(N)(=O)=O)cc2C(F)(F)F. The Balaban J connectivity index is 2.36. The zero-order valence-electron chi connectivity index (χ0n) is 17.9. The first-order valence-electron chi connectivity index (χ1n) is 10.1. The molecule has 2 aromatic rings. The van der Waals surface area contributed by atoms with E-state index in [2.05, 4.69) is 0 Å². The minimum absolute atomic E-state index is 0.0916. The predicted octanol–water partition coefficient (Wildman–Crippen LogP) is 2.93. The van der Waals surface area contributed by atoms with Crippen LogP contribution < -0.4 is 10.0 Å². The Hall–Kier alpha value is -2.18. The molecular weight excluding hydrogens is 483 g/mol. The zero-order chi connectivity index (χ0) is 24.8. The van der Waals surface area contributed by atoms with Crippen molar-refractivity contribution < 1.29 is 31.5 Å². The number of carbonyl (C=O) groups is 1. The minimum atomic E-state index is -5.10. The number of sulfonamides is 1. The molecule has 3 rings (SSSR count). The average molecular weight is 506 g/mol. The number of aliphatic hydroxyl groups is 1. The summed E-state index contributed by atoms with van der Waals surface area (Å²) >= 11 is 6.18. The molecule has 1 aliphatic rings. The number of hydrogen-bond acceptors (Lipinski definition) is 5. The van der Waals surface area contributed by atoms with E-state index in [0.717, 1.165) is 11.0 Å². The highest BCUT2D eigenvalue weighted by Crippen LogP contribution is 2.52. The maximum absolute atomic E-state index is 14.1. The standard InChI is InChI=1S/C21H23ClF3N3O4S/c1-3-27(4-2)9-10-28-17-12-13(33(26,31)32)11-15(21(23,24)25)18(17)20(30,19(28)29)14-7-5-6-8-16(14)22/h5-8,11-12,30H,3-4,9-10H2,1-2H3,(H2,26,31,32). The van der Waals surface area contributed by atoms with Crippen molar-refractivity contribution in [1.29, 1.82) is 0 Å². The van der Waals surface area contributed by atoms with Crippen molar-refractivity contribution in [2.75, 3.05) is 31.1 Å². The summed E-state index contributed by atoms with van der Waals surface area (Å²) in [6.07, 6.45) is -5.10. The van der Waals surface area contributed by atoms with Gasteiger partial charge in [-0.15, -0.1) is 0 Å². The molecule has 1 heterocycles. The molecule has 1 atom stereocenters. The van der Waals surface area contributed by atoms with E-state index in [1.54, 1.807) is 0 Å². The number of fused-ring (bicyclic) bond motifs is 1. The van der Waals surface area contributed by atoms with Crippen LogP contribution in [0.25, 0.3) is 0 Å². The molecule has 0 fully saturated rings. The number of hydrogen-bond donors (Lipinski definition) is 2. The zero-order valence-corrected chi connectivity index (χ0v) is 19.4. The van der Waals surface area contributed by atoms with Crippen LogP contribution in [0.15, 0.2) is 41.3 Å². The van der Waals surface area contributed by atoms with Gasteiger partial charge in [0.05, 0.1) is 16.1 Å². The van der Waals surface area contributed by atoms with Crippen LogP contribution in [-0.2, 0) is 26.6 Å². The second-order valence-electron chi connectivity index (χ2n) is 7.58. The Kier molecular flexibility index (Phi) is 6.84. The molecule has 0 aromatic heterocycles. The third-order valence-electron chi connectivity index (χ3n) is 5.73. The third-order valence-corrected chi connectivity index (χ3v) is 6.95. The van der Waals surface area contributed by atoms with Gasteiger partial charge in [-0.3, -0.25) is 4.79 Å². The quantitative estimate of drug-likeness (QED) is 0.602. The number of anilines is 1. The minimum Gasteiger partial charge on any atom is -0.372 e. The molecular formula is C21H23ClF3N3O4S. The van der Waals surface area contributed by atoms with E-state index in [4.69, 9.17) is 16.7 Å². The molecule has 0 aliphatic carbocycles. The van der Waals surface area contributed by atoms with Gasteiger partial charge >= 0.3 is 6.18 Å². The van der Waals surface area contributed by atoms with Gasteiger partial charge in [0, 0.05) is 29.2 Å². The largest absolute Gasteiger partial charge is 0.416 e. The molecule has 1 unspecified atom stereocenters. The number of carbonyl (C=O) groups excluding carboxylic acids is 1. The van der Waals surface area contributed by atoms with Crippen LogP contribution in [-0.4, -0.2) is 50.5 Å². The number of halogens is 4. The third kappa shape index (κ3) is 4.47. The molecule has 12 heteroatoms. The molecule has 3 N–H and O–H groups in total. The van der Waals surface area contributed by atoms with Crippen LogP contribution in [0.5, 0.6) is 0 Å². The van der Waals surface area contributed by atoms with Crippen molar-refractivity contribution in [2.45, 2.75) is 30.5 Å². The fourth-order valence-corrected chi connectivity index (χ4v) is 4.83. The number of nitrogens with zero attached hydrogens (tertiary/aromatic N) is 2. The average Bonchev–Trinajstić information content (AvgIpc) is 2.95. The highest BCUT2D eigenvalue weighted by Gasteiger charge is 2.56. The normalized spacial score (nSPS) is 18.8. The summed E-state index contributed by atoms with van der Waals surface area (Å²) in [6.45, 7) is 5.17. The van der Waals surface area contributed by atoms with Crippen molar-refractivity contribution in [1.82, 2.24) is 4.90 Å². The van der Waals surface area contributed by atoms with Crippen LogP contribution in [0.2, 0.25) is 5.02 Å². The van der Waals surface area contributed by atoms with E-state index in [-0.39, 0.29) is 29.4 Å². The van der Waals surface area contributed by atoms with Gasteiger partial charge in [0.25, 0.3) is 5.91 Å². The summed E-state index contributed by atoms with van der Waals surface area (Å²) in [5.41, 5.74) is -5.66. The summed E-state index contributed by atoms with van der Waals surface area (Å²) in [6, 6.07) is 6.74. The molecule has 0 saturated heterocycles. The van der Waals surface area contributed by atoms with Crippen molar-refractivity contribution in [3.8, 4) is 0 Å².